The van der Waals surface area contributed by atoms with E-state index in [1.54, 1.807) is 32.7 Å². The fourth-order valence-corrected chi connectivity index (χ4v) is 3.39. The van der Waals surface area contributed by atoms with Gasteiger partial charge in [0, 0.05) is 20.5 Å². The second-order valence-corrected chi connectivity index (χ2v) is 9.04. The van der Waals surface area contributed by atoms with Gasteiger partial charge in [-0.3, -0.25) is 9.69 Å². The molecule has 3 unspecified atom stereocenters. The standard InChI is InChI=1S/C24H34N2O5/c1-16-13-14-26(23(29)31-24(4,5)6)20(15-16)22(28)30-21(17(2)25(7)18(3)27)19-11-9-8-10-12-19/h8-13,17,20-21H,14-15H2,1-7H3. The lowest BCUT2D eigenvalue weighted by Gasteiger charge is -2.37. The lowest BCUT2D eigenvalue weighted by Crippen LogP contribution is -2.50. The molecule has 1 aromatic rings. The first-order chi connectivity index (χ1) is 14.4. The van der Waals surface area contributed by atoms with Crippen LogP contribution in [-0.2, 0) is 19.1 Å². The lowest BCUT2D eigenvalue weighted by atomic mass is 10.00. The Morgan fingerprint density at radius 3 is 2.32 bits per heavy atom. The highest BCUT2D eigenvalue weighted by Gasteiger charge is 2.38. The molecule has 3 atom stereocenters. The van der Waals surface area contributed by atoms with Gasteiger partial charge in [0.1, 0.15) is 17.7 Å². The number of amides is 2. The molecule has 170 valence electrons. The number of esters is 1. The van der Waals surface area contributed by atoms with E-state index in [9.17, 15) is 14.4 Å². The molecule has 7 heteroatoms. The molecule has 1 aliphatic heterocycles. The van der Waals surface area contributed by atoms with Crippen LogP contribution in [0.1, 0.15) is 59.6 Å². The average Bonchev–Trinajstić information content (AvgIpc) is 2.69. The van der Waals surface area contributed by atoms with Crippen LogP contribution < -0.4 is 0 Å². The Hall–Kier alpha value is -2.83. The zero-order valence-corrected chi connectivity index (χ0v) is 19.5. The number of rotatable bonds is 5. The number of ether oxygens (including phenoxy) is 2. The highest BCUT2D eigenvalue weighted by atomic mass is 16.6. The van der Waals surface area contributed by atoms with Crippen LogP contribution in [0.5, 0.6) is 0 Å². The third-order valence-electron chi connectivity index (χ3n) is 5.35. The van der Waals surface area contributed by atoms with Gasteiger partial charge in [0.05, 0.1) is 6.04 Å². The van der Waals surface area contributed by atoms with Crippen LogP contribution in [0.3, 0.4) is 0 Å². The molecule has 2 amide bonds. The zero-order chi connectivity index (χ0) is 23.3. The molecule has 0 N–H and O–H groups in total. The number of nitrogens with zero attached hydrogens (tertiary/aromatic N) is 2. The van der Waals surface area contributed by atoms with Crippen LogP contribution in [-0.4, -0.2) is 59.0 Å². The number of carbonyl (C=O) groups excluding carboxylic acids is 3. The molecule has 2 rings (SSSR count). The summed E-state index contributed by atoms with van der Waals surface area (Å²) in [4.78, 5) is 40.9. The van der Waals surface area contributed by atoms with Crippen molar-refractivity contribution in [3.8, 4) is 0 Å². The maximum absolute atomic E-state index is 13.3. The van der Waals surface area contributed by atoms with E-state index in [4.69, 9.17) is 9.47 Å². The minimum atomic E-state index is -0.791. The Morgan fingerprint density at radius 2 is 1.77 bits per heavy atom. The van der Waals surface area contributed by atoms with E-state index in [0.717, 1.165) is 11.1 Å². The van der Waals surface area contributed by atoms with E-state index < -0.39 is 29.8 Å². The van der Waals surface area contributed by atoms with Gasteiger partial charge in [-0.15, -0.1) is 0 Å². The van der Waals surface area contributed by atoms with E-state index in [1.165, 1.54) is 11.8 Å². The molecule has 31 heavy (non-hydrogen) atoms. The lowest BCUT2D eigenvalue weighted by molar-refractivity contribution is -0.160. The fraction of sp³-hybridized carbons (Fsp3) is 0.542. The van der Waals surface area contributed by atoms with Crippen molar-refractivity contribution in [1.82, 2.24) is 9.80 Å². The predicted octanol–water partition coefficient (Wildman–Crippen LogP) is 4.09. The smallest absolute Gasteiger partial charge is 0.411 e. The molecule has 0 aromatic heterocycles. The van der Waals surface area contributed by atoms with Crippen molar-refractivity contribution in [3.05, 3.63) is 47.5 Å². The molecule has 0 saturated carbocycles. The van der Waals surface area contributed by atoms with Crippen molar-refractivity contribution in [2.24, 2.45) is 0 Å². The van der Waals surface area contributed by atoms with E-state index in [0.29, 0.717) is 6.42 Å². The van der Waals surface area contributed by atoms with Gasteiger partial charge < -0.3 is 14.4 Å². The summed E-state index contributed by atoms with van der Waals surface area (Å²) >= 11 is 0. The highest BCUT2D eigenvalue weighted by molar-refractivity contribution is 5.83. The van der Waals surface area contributed by atoms with Crippen molar-refractivity contribution >= 4 is 18.0 Å². The largest absolute Gasteiger partial charge is 0.454 e. The van der Waals surface area contributed by atoms with E-state index >= 15 is 0 Å². The van der Waals surface area contributed by atoms with Crippen molar-refractivity contribution < 1.29 is 23.9 Å². The zero-order valence-electron chi connectivity index (χ0n) is 19.5. The predicted molar refractivity (Wildman–Crippen MR) is 118 cm³/mol. The summed E-state index contributed by atoms with van der Waals surface area (Å²) in [5, 5.41) is 0. The molecule has 0 saturated heterocycles. The molecule has 0 radical (unpaired) electrons. The molecule has 7 nitrogen and oxygen atoms in total. The minimum Gasteiger partial charge on any atom is -0.454 e. The van der Waals surface area contributed by atoms with Crippen LogP contribution in [0.25, 0.3) is 0 Å². The van der Waals surface area contributed by atoms with E-state index in [1.807, 2.05) is 50.3 Å². The summed E-state index contributed by atoms with van der Waals surface area (Å²) in [5.41, 5.74) is 1.11. The Labute approximate surface area is 185 Å². The first kappa shape index (κ1) is 24.4. The minimum absolute atomic E-state index is 0.128. The van der Waals surface area contributed by atoms with E-state index in [2.05, 4.69) is 0 Å². The van der Waals surface area contributed by atoms with Crippen LogP contribution in [0.2, 0.25) is 0 Å². The van der Waals surface area contributed by atoms with Crippen LogP contribution in [0.15, 0.2) is 42.0 Å². The monoisotopic (exact) mass is 430 g/mol. The molecule has 1 aromatic carbocycles. The van der Waals surface area contributed by atoms with Crippen molar-refractivity contribution in [3.63, 3.8) is 0 Å². The Kier molecular flexibility index (Phi) is 7.87. The Morgan fingerprint density at radius 1 is 1.16 bits per heavy atom. The molecule has 0 bridgehead atoms. The van der Waals surface area contributed by atoms with Crippen molar-refractivity contribution in [1.29, 1.82) is 0 Å². The topological polar surface area (TPSA) is 76.2 Å². The third-order valence-corrected chi connectivity index (χ3v) is 5.35. The van der Waals surface area contributed by atoms with Crippen molar-refractivity contribution in [2.45, 2.75) is 71.8 Å². The number of carbonyl (C=O) groups is 3. The summed E-state index contributed by atoms with van der Waals surface area (Å²) in [6.45, 7) is 10.9. The SMILES string of the molecule is CC(=O)N(C)C(C)C(OC(=O)C1CC(C)=CCN1C(=O)OC(C)(C)C)c1ccccc1. The Bertz CT molecular complexity index is 828. The summed E-state index contributed by atoms with van der Waals surface area (Å²) in [5.74, 6) is -0.646. The first-order valence-electron chi connectivity index (χ1n) is 10.5. The second-order valence-electron chi connectivity index (χ2n) is 9.04. The summed E-state index contributed by atoms with van der Waals surface area (Å²) in [6, 6.07) is 8.13. The van der Waals surface area contributed by atoms with Gasteiger partial charge in [-0.1, -0.05) is 42.0 Å². The number of likely N-dealkylation sites (N-methyl/N-ethyl adjacent to an activating group) is 1. The number of hydrogen-bond donors (Lipinski definition) is 0. The summed E-state index contributed by atoms with van der Waals surface area (Å²) in [6.07, 6.45) is 1.06. The van der Waals surface area contributed by atoms with Crippen LogP contribution in [0.4, 0.5) is 4.79 Å². The molecule has 0 spiro atoms. The molecule has 1 aliphatic rings. The maximum Gasteiger partial charge on any atom is 0.411 e. The van der Waals surface area contributed by atoms with E-state index in [-0.39, 0.29) is 18.5 Å². The van der Waals surface area contributed by atoms with Crippen LogP contribution >= 0.6 is 0 Å². The van der Waals surface area contributed by atoms with Gasteiger partial charge in [0.15, 0.2) is 0 Å². The third kappa shape index (κ3) is 6.57. The quantitative estimate of drug-likeness (QED) is 0.519. The number of hydrogen-bond acceptors (Lipinski definition) is 5. The van der Waals surface area contributed by atoms with Gasteiger partial charge in [-0.05, 0) is 46.6 Å². The summed E-state index contributed by atoms with van der Waals surface area (Å²) in [7, 11) is 1.68. The molecule has 1 heterocycles. The van der Waals surface area contributed by atoms with Gasteiger partial charge in [-0.2, -0.15) is 0 Å². The van der Waals surface area contributed by atoms with Gasteiger partial charge in [0.25, 0.3) is 0 Å². The highest BCUT2D eigenvalue weighted by Crippen LogP contribution is 2.28. The average molecular weight is 431 g/mol. The first-order valence-corrected chi connectivity index (χ1v) is 10.5. The molecule has 0 aliphatic carbocycles. The molecular formula is C24H34N2O5. The van der Waals surface area contributed by atoms with Gasteiger partial charge in [0.2, 0.25) is 5.91 Å². The second kappa shape index (κ2) is 9.98. The van der Waals surface area contributed by atoms with Gasteiger partial charge >= 0.3 is 12.1 Å². The Balaban J connectivity index is 2.30. The maximum atomic E-state index is 13.3. The summed E-state index contributed by atoms with van der Waals surface area (Å²) < 4.78 is 11.5. The normalized spacial score (nSPS) is 18.5. The fourth-order valence-electron chi connectivity index (χ4n) is 3.39. The number of benzene rings is 1. The molecule has 0 fully saturated rings. The van der Waals surface area contributed by atoms with Crippen LogP contribution in [0, 0.1) is 0 Å². The van der Waals surface area contributed by atoms with Crippen molar-refractivity contribution in [2.75, 3.05) is 13.6 Å². The van der Waals surface area contributed by atoms with Gasteiger partial charge in [-0.25, -0.2) is 9.59 Å². The molecular weight excluding hydrogens is 396 g/mol.